The molecule has 0 radical (unpaired) electrons. The third-order valence-corrected chi connectivity index (χ3v) is 2.80. The summed E-state index contributed by atoms with van der Waals surface area (Å²) in [5.74, 6) is -0.180. The summed E-state index contributed by atoms with van der Waals surface area (Å²) in [5.41, 5.74) is 6.41. The highest BCUT2D eigenvalue weighted by Crippen LogP contribution is 2.00. The van der Waals surface area contributed by atoms with Crippen LogP contribution in [0.1, 0.15) is 11.1 Å². The Hall–Kier alpha value is -2.57. The number of amidine groups is 1. The van der Waals surface area contributed by atoms with Crippen LogP contribution in [-0.2, 0) is 20.0 Å². The first-order valence-electron chi connectivity index (χ1n) is 5.76. The Morgan fingerprint density at radius 1 is 1.58 bits per heavy atom. The smallest absolute Gasteiger partial charge is 0.261 e. The lowest BCUT2D eigenvalue weighted by atomic mass is 10.2. The number of hydrogen-bond acceptors (Lipinski definition) is 4. The van der Waals surface area contributed by atoms with E-state index in [-0.39, 0.29) is 17.0 Å². The van der Waals surface area contributed by atoms with Crippen LogP contribution in [0.4, 0.5) is 0 Å². The third-order valence-electron chi connectivity index (χ3n) is 2.80. The number of oxime groups is 1. The van der Waals surface area contributed by atoms with Crippen molar-refractivity contribution < 1.29 is 5.21 Å². The summed E-state index contributed by atoms with van der Waals surface area (Å²) < 4.78 is 3.24. The predicted molar refractivity (Wildman–Crippen MR) is 70.1 cm³/mol. The second kappa shape index (κ2) is 5.38. The Morgan fingerprint density at radius 2 is 2.37 bits per heavy atom. The monoisotopic (exact) mass is 261 g/mol. The van der Waals surface area contributed by atoms with E-state index in [4.69, 9.17) is 10.9 Å². The van der Waals surface area contributed by atoms with Gasteiger partial charge in [-0.25, -0.2) is 0 Å². The summed E-state index contributed by atoms with van der Waals surface area (Å²) >= 11 is 0. The molecule has 2 aromatic heterocycles. The van der Waals surface area contributed by atoms with Crippen molar-refractivity contribution in [2.24, 2.45) is 17.9 Å². The van der Waals surface area contributed by atoms with Crippen molar-refractivity contribution in [3.63, 3.8) is 0 Å². The van der Waals surface area contributed by atoms with Crippen LogP contribution < -0.4 is 11.3 Å². The number of hydrogen-bond donors (Lipinski definition) is 2. The molecule has 100 valence electrons. The number of aromatic nitrogens is 3. The average Bonchev–Trinajstić information content (AvgIpc) is 2.82. The Bertz CT molecular complexity index is 656. The fourth-order valence-corrected chi connectivity index (χ4v) is 1.81. The Balaban J connectivity index is 2.19. The molecule has 0 atom stereocenters. The molecule has 0 unspecified atom stereocenters. The van der Waals surface area contributed by atoms with E-state index >= 15 is 0 Å². The van der Waals surface area contributed by atoms with Gasteiger partial charge in [-0.15, -0.1) is 0 Å². The van der Waals surface area contributed by atoms with Crippen LogP contribution in [0.3, 0.4) is 0 Å². The van der Waals surface area contributed by atoms with Crippen LogP contribution in [0, 0.1) is 0 Å². The maximum absolute atomic E-state index is 12.1. The van der Waals surface area contributed by atoms with E-state index in [9.17, 15) is 4.79 Å². The molecule has 19 heavy (non-hydrogen) atoms. The largest absolute Gasteiger partial charge is 0.409 e. The molecule has 0 amide bonds. The minimum Gasteiger partial charge on any atom is -0.409 e. The second-order valence-electron chi connectivity index (χ2n) is 4.18. The number of nitrogens with zero attached hydrogens (tertiary/aromatic N) is 4. The van der Waals surface area contributed by atoms with Gasteiger partial charge in [0.15, 0.2) is 5.84 Å². The predicted octanol–water partition coefficient (Wildman–Crippen LogP) is -0.0810. The third kappa shape index (κ3) is 2.82. The number of pyridine rings is 1. The molecular weight excluding hydrogens is 246 g/mol. The fraction of sp³-hybridized carbons (Fsp3) is 0.250. The van der Waals surface area contributed by atoms with Crippen molar-refractivity contribution in [2.75, 3.05) is 0 Å². The van der Waals surface area contributed by atoms with Gasteiger partial charge in [0.25, 0.3) is 5.56 Å². The molecule has 0 aliphatic rings. The van der Waals surface area contributed by atoms with Gasteiger partial charge < -0.3 is 15.5 Å². The summed E-state index contributed by atoms with van der Waals surface area (Å²) in [6.45, 7) is 0.511. The SMILES string of the molecule is Cn1cc(CCn2cccc(/C(N)=N/O)c2=O)cn1. The molecule has 0 fully saturated rings. The minimum atomic E-state index is -0.276. The first-order chi connectivity index (χ1) is 9.11. The Labute approximate surface area is 109 Å². The van der Waals surface area contributed by atoms with Crippen LogP contribution in [0.5, 0.6) is 0 Å². The first kappa shape index (κ1) is 12.9. The summed E-state index contributed by atoms with van der Waals surface area (Å²) in [4.78, 5) is 12.1. The summed E-state index contributed by atoms with van der Waals surface area (Å²) in [6, 6.07) is 3.22. The molecule has 2 heterocycles. The zero-order valence-electron chi connectivity index (χ0n) is 10.5. The number of nitrogens with two attached hydrogens (primary N) is 1. The van der Waals surface area contributed by atoms with Gasteiger partial charge in [0, 0.05) is 26.0 Å². The van der Waals surface area contributed by atoms with Crippen molar-refractivity contribution in [2.45, 2.75) is 13.0 Å². The van der Waals surface area contributed by atoms with Gasteiger partial charge in [0.05, 0.1) is 11.8 Å². The van der Waals surface area contributed by atoms with Gasteiger partial charge in [-0.05, 0) is 24.1 Å². The molecule has 7 nitrogen and oxygen atoms in total. The molecule has 0 spiro atoms. The molecule has 3 N–H and O–H groups in total. The molecule has 0 aromatic carbocycles. The summed E-state index contributed by atoms with van der Waals surface area (Å²) in [5, 5.41) is 15.5. The van der Waals surface area contributed by atoms with Crippen LogP contribution in [0.25, 0.3) is 0 Å². The highest BCUT2D eigenvalue weighted by Gasteiger charge is 2.07. The van der Waals surface area contributed by atoms with Crippen molar-refractivity contribution >= 4 is 5.84 Å². The van der Waals surface area contributed by atoms with Crippen molar-refractivity contribution in [3.05, 3.63) is 52.2 Å². The maximum atomic E-state index is 12.1. The molecule has 0 saturated heterocycles. The van der Waals surface area contributed by atoms with Crippen LogP contribution in [0.15, 0.2) is 40.7 Å². The Morgan fingerprint density at radius 3 is 3.00 bits per heavy atom. The fourth-order valence-electron chi connectivity index (χ4n) is 1.81. The standard InChI is InChI=1S/C12H15N5O2/c1-16-8-9(7-14-16)4-6-17-5-2-3-10(12(17)18)11(13)15-19/h2-3,5,7-8,19H,4,6H2,1H3,(H2,13,15). The molecule has 2 rings (SSSR count). The zero-order valence-corrected chi connectivity index (χ0v) is 10.5. The van der Waals surface area contributed by atoms with Crippen LogP contribution in [0.2, 0.25) is 0 Å². The quantitative estimate of drug-likeness (QED) is 0.348. The van der Waals surface area contributed by atoms with E-state index in [0.717, 1.165) is 5.56 Å². The van der Waals surface area contributed by atoms with E-state index in [1.807, 2.05) is 13.2 Å². The molecule has 0 aliphatic heterocycles. The summed E-state index contributed by atoms with van der Waals surface area (Å²) in [6.07, 6.45) is 6.02. The van der Waals surface area contributed by atoms with E-state index < -0.39 is 0 Å². The minimum absolute atomic E-state index is 0.180. The van der Waals surface area contributed by atoms with Gasteiger partial charge in [-0.2, -0.15) is 5.10 Å². The maximum Gasteiger partial charge on any atom is 0.261 e. The van der Waals surface area contributed by atoms with E-state index in [1.54, 1.807) is 23.1 Å². The lowest BCUT2D eigenvalue weighted by Gasteiger charge is -2.06. The van der Waals surface area contributed by atoms with E-state index in [1.165, 1.54) is 10.6 Å². The molecule has 2 aromatic rings. The molecular formula is C12H15N5O2. The van der Waals surface area contributed by atoms with E-state index in [0.29, 0.717) is 13.0 Å². The average molecular weight is 261 g/mol. The lowest BCUT2D eigenvalue weighted by molar-refractivity contribution is 0.318. The summed E-state index contributed by atoms with van der Waals surface area (Å²) in [7, 11) is 1.84. The molecule has 7 heteroatoms. The van der Waals surface area contributed by atoms with Crippen LogP contribution in [-0.4, -0.2) is 25.4 Å². The highest BCUT2D eigenvalue weighted by atomic mass is 16.4. The van der Waals surface area contributed by atoms with Crippen LogP contribution >= 0.6 is 0 Å². The van der Waals surface area contributed by atoms with Gasteiger partial charge in [0.1, 0.15) is 0 Å². The molecule has 0 bridgehead atoms. The highest BCUT2D eigenvalue weighted by molar-refractivity contribution is 5.96. The molecule has 0 saturated carbocycles. The van der Waals surface area contributed by atoms with Crippen molar-refractivity contribution in [1.82, 2.24) is 14.3 Å². The second-order valence-corrected chi connectivity index (χ2v) is 4.18. The van der Waals surface area contributed by atoms with Gasteiger partial charge in [0.2, 0.25) is 0 Å². The molecule has 0 aliphatic carbocycles. The van der Waals surface area contributed by atoms with E-state index in [2.05, 4.69) is 10.3 Å². The lowest BCUT2D eigenvalue weighted by Crippen LogP contribution is -2.30. The van der Waals surface area contributed by atoms with Gasteiger partial charge in [-0.3, -0.25) is 9.48 Å². The van der Waals surface area contributed by atoms with Crippen molar-refractivity contribution in [3.8, 4) is 0 Å². The Kier molecular flexibility index (Phi) is 3.65. The van der Waals surface area contributed by atoms with Gasteiger partial charge >= 0.3 is 0 Å². The normalized spacial score (nSPS) is 11.7. The topological polar surface area (TPSA) is 98.4 Å². The first-order valence-corrected chi connectivity index (χ1v) is 5.76. The zero-order chi connectivity index (χ0) is 13.8. The van der Waals surface area contributed by atoms with Gasteiger partial charge in [-0.1, -0.05) is 5.16 Å². The number of rotatable bonds is 4. The number of aryl methyl sites for hydroxylation is 3. The van der Waals surface area contributed by atoms with Crippen molar-refractivity contribution in [1.29, 1.82) is 0 Å².